The number of nitrogens with zero attached hydrogens (tertiary/aromatic N) is 2. The molecule has 37 heavy (non-hydrogen) atoms. The molecular formula is C31H37N3O3. The number of aliphatic hydroxyl groups excluding tert-OH is 2. The Labute approximate surface area is 218 Å². The molecule has 7 rings (SSSR count). The van der Waals surface area contributed by atoms with E-state index in [4.69, 9.17) is 10.5 Å². The standard InChI is InChI=1S/C31H37N3O3/c1-17-15-29(2)21(19-5-6-20-18(13-19)9-12-33-28(20)32)7-8-25(29)31-11-10-30(37-31)16-24(34(3)4)27(36)26(35)23(30)14-22(17)31/h5-7,9,12-14,24-27,35-36H,8,10-11,15-16H2,1-4H3,(H2,32,33). The number of nitrogens with two attached hydrogens (primary N) is 1. The van der Waals surface area contributed by atoms with E-state index in [2.05, 4.69) is 49.2 Å². The maximum atomic E-state index is 11.2. The van der Waals surface area contributed by atoms with E-state index >= 15 is 0 Å². The molecule has 1 aromatic carbocycles. The highest BCUT2D eigenvalue weighted by Gasteiger charge is 2.68. The summed E-state index contributed by atoms with van der Waals surface area (Å²) < 4.78 is 7.32. The number of pyridine rings is 1. The van der Waals surface area contributed by atoms with Gasteiger partial charge in [0, 0.05) is 29.0 Å². The van der Waals surface area contributed by atoms with E-state index in [-0.39, 0.29) is 17.1 Å². The number of hydrogen-bond donors (Lipinski definition) is 3. The number of likely N-dealkylation sites (N-methyl/N-ethyl adjacent to an activating group) is 1. The first-order valence-electron chi connectivity index (χ1n) is 13.6. The lowest BCUT2D eigenvalue weighted by Gasteiger charge is -2.56. The van der Waals surface area contributed by atoms with Crippen molar-refractivity contribution in [2.75, 3.05) is 19.8 Å². The van der Waals surface area contributed by atoms with Gasteiger partial charge in [-0.25, -0.2) is 4.98 Å². The number of nitrogen functional groups attached to an aromatic ring is 1. The van der Waals surface area contributed by atoms with Gasteiger partial charge in [0.2, 0.25) is 0 Å². The molecule has 0 radical (unpaired) electrons. The van der Waals surface area contributed by atoms with Crippen LogP contribution in [0.2, 0.25) is 0 Å². The number of aliphatic hydroxyl groups is 2. The van der Waals surface area contributed by atoms with E-state index in [1.807, 2.05) is 25.1 Å². The second-order valence-corrected chi connectivity index (χ2v) is 12.6. The van der Waals surface area contributed by atoms with E-state index in [0.29, 0.717) is 18.2 Å². The van der Waals surface area contributed by atoms with Gasteiger partial charge in [0.25, 0.3) is 0 Å². The lowest BCUT2D eigenvalue weighted by molar-refractivity contribution is -0.162. The highest BCUT2D eigenvalue weighted by molar-refractivity contribution is 5.93. The fourth-order valence-electron chi connectivity index (χ4n) is 8.82. The maximum absolute atomic E-state index is 11.2. The number of benzene rings is 1. The van der Waals surface area contributed by atoms with E-state index in [1.54, 1.807) is 6.20 Å². The SMILES string of the molecule is CC1=C2C=C3C(O)C(O)C(N(C)C)CC34CCC2(O4)C2CC=C(c3ccc4c(N)nccc4c3)C2(C)C1. The van der Waals surface area contributed by atoms with Crippen LogP contribution < -0.4 is 5.73 Å². The van der Waals surface area contributed by atoms with E-state index in [1.165, 1.54) is 22.3 Å². The van der Waals surface area contributed by atoms with Crippen LogP contribution in [0.1, 0.15) is 51.5 Å². The molecule has 2 spiro atoms. The summed E-state index contributed by atoms with van der Waals surface area (Å²) in [5.41, 5.74) is 11.3. The van der Waals surface area contributed by atoms with Crippen molar-refractivity contribution in [1.82, 2.24) is 9.88 Å². The van der Waals surface area contributed by atoms with Gasteiger partial charge in [0.05, 0.1) is 17.3 Å². The highest BCUT2D eigenvalue weighted by Crippen LogP contribution is 2.69. The van der Waals surface area contributed by atoms with Crippen LogP contribution in [-0.4, -0.2) is 63.6 Å². The molecule has 194 valence electrons. The molecule has 2 fully saturated rings. The summed E-state index contributed by atoms with van der Waals surface area (Å²) in [6.45, 7) is 4.66. The van der Waals surface area contributed by atoms with Gasteiger partial charge in [0.15, 0.2) is 0 Å². The van der Waals surface area contributed by atoms with Gasteiger partial charge < -0.3 is 25.6 Å². The molecule has 3 heterocycles. The van der Waals surface area contributed by atoms with Crippen molar-refractivity contribution in [2.45, 2.75) is 75.4 Å². The molecule has 1 saturated carbocycles. The summed E-state index contributed by atoms with van der Waals surface area (Å²) in [6.07, 6.45) is 9.21. The Morgan fingerprint density at radius 1 is 1.16 bits per heavy atom. The molecular weight excluding hydrogens is 462 g/mol. The van der Waals surface area contributed by atoms with Crippen molar-refractivity contribution in [3.05, 3.63) is 64.9 Å². The zero-order valence-electron chi connectivity index (χ0n) is 22.2. The van der Waals surface area contributed by atoms with Crippen LogP contribution in [0.25, 0.3) is 16.3 Å². The fraction of sp³-hybridized carbons (Fsp3) is 0.516. The van der Waals surface area contributed by atoms with E-state index in [0.717, 1.165) is 42.0 Å². The average molecular weight is 500 g/mol. The quantitative estimate of drug-likeness (QED) is 0.573. The van der Waals surface area contributed by atoms with Crippen molar-refractivity contribution in [2.24, 2.45) is 11.3 Å². The van der Waals surface area contributed by atoms with E-state index in [9.17, 15) is 10.2 Å². The lowest BCUT2D eigenvalue weighted by Crippen LogP contribution is -2.62. The average Bonchev–Trinajstić information content (AvgIpc) is 3.36. The molecule has 4 N–H and O–H groups in total. The minimum absolute atomic E-state index is 0.0511. The van der Waals surface area contributed by atoms with Crippen LogP contribution in [0.15, 0.2) is 59.3 Å². The Hall–Kier alpha value is -2.51. The smallest absolute Gasteiger partial charge is 0.131 e. The molecule has 6 nitrogen and oxygen atoms in total. The van der Waals surface area contributed by atoms with Crippen molar-refractivity contribution in [3.63, 3.8) is 0 Å². The summed E-state index contributed by atoms with van der Waals surface area (Å²) in [7, 11) is 3.96. The topological polar surface area (TPSA) is 91.8 Å². The zero-order valence-corrected chi connectivity index (χ0v) is 22.2. The van der Waals surface area contributed by atoms with Crippen molar-refractivity contribution < 1.29 is 14.9 Å². The molecule has 7 atom stereocenters. The second-order valence-electron chi connectivity index (χ2n) is 12.6. The Morgan fingerprint density at radius 3 is 2.76 bits per heavy atom. The molecule has 2 aromatic rings. The predicted octanol–water partition coefficient (Wildman–Crippen LogP) is 4.23. The predicted molar refractivity (Wildman–Crippen MR) is 146 cm³/mol. The first-order valence-corrected chi connectivity index (χ1v) is 13.6. The van der Waals surface area contributed by atoms with Crippen LogP contribution in [0, 0.1) is 11.3 Å². The van der Waals surface area contributed by atoms with E-state index < -0.39 is 17.8 Å². The molecule has 7 unspecified atom stereocenters. The van der Waals surface area contributed by atoms with Gasteiger partial charge in [0.1, 0.15) is 11.9 Å². The molecule has 6 heteroatoms. The minimum atomic E-state index is -0.900. The van der Waals surface area contributed by atoms with Crippen molar-refractivity contribution in [1.29, 1.82) is 0 Å². The van der Waals surface area contributed by atoms with Crippen molar-refractivity contribution >= 4 is 22.2 Å². The highest BCUT2D eigenvalue weighted by atomic mass is 16.5. The van der Waals surface area contributed by atoms with Gasteiger partial charge in [-0.1, -0.05) is 36.8 Å². The first-order chi connectivity index (χ1) is 17.6. The normalized spacial score (nSPS) is 40.4. The Balaban J connectivity index is 1.33. The number of rotatable bonds is 2. The van der Waals surface area contributed by atoms with Gasteiger partial charge in [-0.15, -0.1) is 0 Å². The summed E-state index contributed by atoms with van der Waals surface area (Å²) in [5.74, 6) is 0.893. The molecule has 0 amide bonds. The van der Waals surface area contributed by atoms with Crippen LogP contribution >= 0.6 is 0 Å². The third-order valence-electron chi connectivity index (χ3n) is 10.5. The van der Waals surface area contributed by atoms with Gasteiger partial charge in [-0.2, -0.15) is 0 Å². The summed E-state index contributed by atoms with van der Waals surface area (Å²) in [4.78, 5) is 6.29. The molecule has 3 aliphatic carbocycles. The number of ether oxygens (including phenoxy) is 1. The third kappa shape index (κ3) is 2.93. The van der Waals surface area contributed by atoms with Crippen LogP contribution in [-0.2, 0) is 4.74 Å². The number of aromatic nitrogens is 1. The Bertz CT molecular complexity index is 1430. The second kappa shape index (κ2) is 7.54. The Morgan fingerprint density at radius 2 is 1.97 bits per heavy atom. The Kier molecular flexibility index (Phi) is 4.81. The number of allylic oxidation sites excluding steroid dienone is 3. The molecule has 5 aliphatic rings. The van der Waals surface area contributed by atoms with Gasteiger partial charge in [-0.3, -0.25) is 0 Å². The lowest BCUT2D eigenvalue weighted by atomic mass is 9.56. The van der Waals surface area contributed by atoms with Crippen LogP contribution in [0.5, 0.6) is 0 Å². The summed E-state index contributed by atoms with van der Waals surface area (Å²) >= 11 is 0. The maximum Gasteiger partial charge on any atom is 0.131 e. The number of anilines is 1. The van der Waals surface area contributed by atoms with Crippen LogP contribution in [0.3, 0.4) is 0 Å². The van der Waals surface area contributed by atoms with Gasteiger partial charge >= 0.3 is 0 Å². The summed E-state index contributed by atoms with van der Waals surface area (Å²) in [6, 6.07) is 8.46. The third-order valence-corrected chi connectivity index (χ3v) is 10.5. The summed E-state index contributed by atoms with van der Waals surface area (Å²) in [5, 5.41) is 24.3. The van der Waals surface area contributed by atoms with Crippen molar-refractivity contribution in [3.8, 4) is 0 Å². The number of fused-ring (bicyclic) bond motifs is 2. The molecule has 1 aromatic heterocycles. The van der Waals surface area contributed by atoms with Gasteiger partial charge in [-0.05, 0) is 92.9 Å². The minimum Gasteiger partial charge on any atom is -0.388 e. The molecule has 2 aliphatic heterocycles. The zero-order chi connectivity index (χ0) is 25.9. The fourth-order valence-corrected chi connectivity index (χ4v) is 8.82. The largest absolute Gasteiger partial charge is 0.388 e. The molecule has 1 saturated heterocycles. The first kappa shape index (κ1) is 23.6. The van der Waals surface area contributed by atoms with Crippen LogP contribution in [0.4, 0.5) is 5.82 Å². The number of hydrogen-bond acceptors (Lipinski definition) is 6. The molecule has 2 bridgehead atoms. The monoisotopic (exact) mass is 499 g/mol.